The van der Waals surface area contributed by atoms with E-state index in [9.17, 15) is 0 Å². The molecule has 0 spiro atoms. The van der Waals surface area contributed by atoms with Gasteiger partial charge < -0.3 is 16.0 Å². The van der Waals surface area contributed by atoms with Gasteiger partial charge in [0.2, 0.25) is 5.95 Å². The number of nitrogen functional groups attached to an aromatic ring is 1. The van der Waals surface area contributed by atoms with Gasteiger partial charge in [-0.15, -0.1) is 0 Å². The highest BCUT2D eigenvalue weighted by Gasteiger charge is 2.29. The number of aromatic nitrogens is 2. The normalized spacial score (nSPS) is 15.8. The number of rotatable bonds is 4. The van der Waals surface area contributed by atoms with Gasteiger partial charge in [0.05, 0.1) is 5.69 Å². The summed E-state index contributed by atoms with van der Waals surface area (Å²) in [5, 5.41) is 3.63. The summed E-state index contributed by atoms with van der Waals surface area (Å²) in [5.41, 5.74) is 10.9. The molecule has 3 N–H and O–H groups in total. The third-order valence-corrected chi connectivity index (χ3v) is 5.09. The summed E-state index contributed by atoms with van der Waals surface area (Å²) in [6, 6.07) is 9.06. The summed E-state index contributed by atoms with van der Waals surface area (Å²) in [4.78, 5) is 11.6. The number of hydrogen-bond acceptors (Lipinski definition) is 5. The third-order valence-electron chi connectivity index (χ3n) is 5.09. The lowest BCUT2D eigenvalue weighted by Gasteiger charge is -2.26. The van der Waals surface area contributed by atoms with Crippen LogP contribution in [0.25, 0.3) is 11.3 Å². The van der Waals surface area contributed by atoms with Crippen LogP contribution < -0.4 is 16.0 Å². The Labute approximate surface area is 190 Å². The van der Waals surface area contributed by atoms with E-state index in [-0.39, 0.29) is 0 Å². The van der Waals surface area contributed by atoms with Crippen molar-refractivity contribution in [1.82, 2.24) is 15.3 Å². The summed E-state index contributed by atoms with van der Waals surface area (Å²) in [7, 11) is 0. The molecule has 1 aromatic heterocycles. The number of benzene rings is 1. The molecule has 1 saturated heterocycles. The average Bonchev–Trinajstić information content (AvgIpc) is 3.29. The molecule has 2 aromatic rings. The van der Waals surface area contributed by atoms with Crippen LogP contribution >= 0.6 is 0 Å². The lowest BCUT2D eigenvalue weighted by molar-refractivity contribution is 0.549. The summed E-state index contributed by atoms with van der Waals surface area (Å²) in [6.45, 7) is 17.6. The van der Waals surface area contributed by atoms with Crippen LogP contribution in [0.2, 0.25) is 0 Å². The highest BCUT2D eigenvalue weighted by molar-refractivity contribution is 5.75. The van der Waals surface area contributed by atoms with Crippen LogP contribution in [0.4, 0.5) is 11.8 Å². The van der Waals surface area contributed by atoms with Gasteiger partial charge in [0.1, 0.15) is 5.82 Å². The van der Waals surface area contributed by atoms with E-state index in [0.29, 0.717) is 12.0 Å². The van der Waals surface area contributed by atoms with Crippen molar-refractivity contribution in [3.05, 3.63) is 35.4 Å². The minimum atomic E-state index is 0.380. The Balaban J connectivity index is 0.000000620. The Kier molecular flexibility index (Phi) is 12.8. The molecule has 31 heavy (non-hydrogen) atoms. The molecule has 174 valence electrons. The Morgan fingerprint density at radius 1 is 1.03 bits per heavy atom. The monoisotopic (exact) mass is 427 g/mol. The Morgan fingerprint density at radius 3 is 2.39 bits per heavy atom. The minimum Gasteiger partial charge on any atom is -0.368 e. The quantitative estimate of drug-likeness (QED) is 0.638. The molecular formula is C26H45N5. The summed E-state index contributed by atoms with van der Waals surface area (Å²) < 4.78 is 0. The first-order valence-electron chi connectivity index (χ1n) is 12.4. The van der Waals surface area contributed by atoms with E-state index in [2.05, 4.69) is 65.2 Å². The molecule has 5 heteroatoms. The van der Waals surface area contributed by atoms with Crippen molar-refractivity contribution in [3.8, 4) is 11.3 Å². The maximum Gasteiger partial charge on any atom is 0.222 e. The maximum atomic E-state index is 6.06. The zero-order chi connectivity index (χ0) is 23.2. The molecule has 2 heterocycles. The Morgan fingerprint density at radius 2 is 1.71 bits per heavy atom. The predicted molar refractivity (Wildman–Crippen MR) is 137 cm³/mol. The van der Waals surface area contributed by atoms with Crippen LogP contribution in [0.5, 0.6) is 0 Å². The van der Waals surface area contributed by atoms with Crippen molar-refractivity contribution < 1.29 is 0 Å². The van der Waals surface area contributed by atoms with Crippen molar-refractivity contribution in [2.45, 2.75) is 86.6 Å². The van der Waals surface area contributed by atoms with E-state index in [1.165, 1.54) is 29.5 Å². The smallest absolute Gasteiger partial charge is 0.222 e. The van der Waals surface area contributed by atoms with Gasteiger partial charge in [-0.3, -0.25) is 0 Å². The standard InChI is InChI=1S/C19H25N5.C3H8.2C2H6/c1-2-10-21-14-9-11-24(12-14)18-16-8-7-13-5-3-4-6-15(13)17(16)22-19(20)23-18;1-3-2;2*1-2/h3-6,14,21H,2,7-12H2,1H3,(H2,20,22,23);3H2,1-2H3;2*1-2H3. The van der Waals surface area contributed by atoms with Gasteiger partial charge in [-0.25, -0.2) is 4.98 Å². The number of fused-ring (bicyclic) bond motifs is 3. The maximum absolute atomic E-state index is 6.06. The van der Waals surface area contributed by atoms with Crippen LogP contribution in [-0.4, -0.2) is 35.6 Å². The zero-order valence-corrected chi connectivity index (χ0v) is 21.0. The molecule has 1 atom stereocenters. The van der Waals surface area contributed by atoms with Crippen molar-refractivity contribution >= 4 is 11.8 Å². The molecule has 1 aliphatic heterocycles. The van der Waals surface area contributed by atoms with E-state index in [4.69, 9.17) is 5.73 Å². The van der Waals surface area contributed by atoms with Crippen LogP contribution in [0.15, 0.2) is 24.3 Å². The van der Waals surface area contributed by atoms with Crippen molar-refractivity contribution in [1.29, 1.82) is 0 Å². The van der Waals surface area contributed by atoms with Gasteiger partial charge in [0.15, 0.2) is 0 Å². The highest BCUT2D eigenvalue weighted by Crippen LogP contribution is 2.37. The van der Waals surface area contributed by atoms with Crippen LogP contribution in [0.1, 0.15) is 78.9 Å². The number of anilines is 2. The molecule has 1 unspecified atom stereocenters. The number of hydrogen-bond donors (Lipinski definition) is 2. The molecule has 0 radical (unpaired) electrons. The van der Waals surface area contributed by atoms with Gasteiger partial charge in [-0.2, -0.15) is 4.98 Å². The lowest BCUT2D eigenvalue weighted by Crippen LogP contribution is -2.33. The van der Waals surface area contributed by atoms with Crippen LogP contribution in [-0.2, 0) is 12.8 Å². The largest absolute Gasteiger partial charge is 0.368 e. The summed E-state index contributed by atoms with van der Waals surface area (Å²) in [5.74, 6) is 1.43. The Hall–Kier alpha value is -2.14. The van der Waals surface area contributed by atoms with E-state index in [1.807, 2.05) is 27.7 Å². The molecule has 1 aromatic carbocycles. The zero-order valence-electron chi connectivity index (χ0n) is 21.0. The van der Waals surface area contributed by atoms with Gasteiger partial charge in [0.25, 0.3) is 0 Å². The average molecular weight is 428 g/mol. The molecule has 4 rings (SSSR count). The molecule has 5 nitrogen and oxygen atoms in total. The first kappa shape index (κ1) is 26.9. The van der Waals surface area contributed by atoms with E-state index in [1.54, 1.807) is 0 Å². The summed E-state index contributed by atoms with van der Waals surface area (Å²) >= 11 is 0. The van der Waals surface area contributed by atoms with Gasteiger partial charge in [-0.1, -0.05) is 79.2 Å². The minimum absolute atomic E-state index is 0.380. The SMILES string of the molecule is CC.CC.CCC.CCCNC1CCN(c2nc(N)nc3c2CCc2ccccc2-3)C1. The molecule has 2 aliphatic rings. The fraction of sp³-hybridized carbons (Fsp3) is 0.615. The number of aryl methyl sites for hydroxylation is 1. The first-order chi connectivity index (χ1) is 15.2. The van der Waals surface area contributed by atoms with E-state index in [0.717, 1.165) is 50.4 Å². The number of nitrogens with zero attached hydrogens (tertiary/aromatic N) is 3. The fourth-order valence-corrected chi connectivity index (χ4v) is 3.90. The van der Waals surface area contributed by atoms with Crippen LogP contribution in [0.3, 0.4) is 0 Å². The molecule has 1 fully saturated rings. The highest BCUT2D eigenvalue weighted by atomic mass is 15.3. The molecule has 0 saturated carbocycles. The van der Waals surface area contributed by atoms with Gasteiger partial charge >= 0.3 is 0 Å². The molecule has 1 aliphatic carbocycles. The lowest BCUT2D eigenvalue weighted by atomic mass is 9.89. The molecule has 0 bridgehead atoms. The number of nitrogens with one attached hydrogen (secondary N) is 1. The van der Waals surface area contributed by atoms with Gasteiger partial charge in [0, 0.05) is 30.3 Å². The Bertz CT molecular complexity index is 759. The fourth-order valence-electron chi connectivity index (χ4n) is 3.90. The molecule has 0 amide bonds. The third kappa shape index (κ3) is 7.20. The van der Waals surface area contributed by atoms with Gasteiger partial charge in [-0.05, 0) is 37.8 Å². The van der Waals surface area contributed by atoms with E-state index >= 15 is 0 Å². The summed E-state index contributed by atoms with van der Waals surface area (Å²) in [6.07, 6.45) is 5.62. The topological polar surface area (TPSA) is 67.1 Å². The first-order valence-corrected chi connectivity index (χ1v) is 12.4. The van der Waals surface area contributed by atoms with Crippen molar-refractivity contribution in [2.24, 2.45) is 0 Å². The predicted octanol–water partition coefficient (Wildman–Crippen LogP) is 5.87. The van der Waals surface area contributed by atoms with Crippen LogP contribution in [0, 0.1) is 0 Å². The van der Waals surface area contributed by atoms with Crippen molar-refractivity contribution in [2.75, 3.05) is 30.3 Å². The second-order valence-corrected chi connectivity index (χ2v) is 7.48. The van der Waals surface area contributed by atoms with E-state index < -0.39 is 0 Å². The van der Waals surface area contributed by atoms with Crippen molar-refractivity contribution in [3.63, 3.8) is 0 Å². The molecular weight excluding hydrogens is 382 g/mol. The second-order valence-electron chi connectivity index (χ2n) is 7.48. The second kappa shape index (κ2) is 14.8. The number of nitrogens with two attached hydrogens (primary N) is 1.